The van der Waals surface area contributed by atoms with Gasteiger partial charge in [-0.15, -0.1) is 0 Å². The first-order valence-electron chi connectivity index (χ1n) is 5.89. The van der Waals surface area contributed by atoms with Crippen molar-refractivity contribution in [1.82, 2.24) is 0 Å². The lowest BCUT2D eigenvalue weighted by Gasteiger charge is -2.18. The SMILES string of the molecule is Nc1ccc2c(c1)C(=O)c1ccc(S(=O)(=O)O)cc1C2=O. The van der Waals surface area contributed by atoms with E-state index in [1.165, 1.54) is 24.3 Å². The molecule has 0 atom stereocenters. The number of ketones is 2. The molecule has 3 rings (SSSR count). The van der Waals surface area contributed by atoms with Crippen LogP contribution in [-0.4, -0.2) is 24.5 Å². The van der Waals surface area contributed by atoms with Crippen LogP contribution >= 0.6 is 0 Å². The lowest BCUT2D eigenvalue weighted by molar-refractivity contribution is 0.0979. The Hall–Kier alpha value is -2.51. The molecule has 0 amide bonds. The van der Waals surface area contributed by atoms with E-state index in [0.29, 0.717) is 5.69 Å². The Kier molecular flexibility index (Phi) is 2.72. The van der Waals surface area contributed by atoms with E-state index in [1.807, 2.05) is 0 Å². The smallest absolute Gasteiger partial charge is 0.294 e. The third-order valence-corrected chi connectivity index (χ3v) is 4.16. The lowest BCUT2D eigenvalue weighted by Crippen LogP contribution is -2.21. The normalized spacial score (nSPS) is 13.8. The molecule has 7 heteroatoms. The molecule has 0 aliphatic heterocycles. The molecule has 0 fully saturated rings. The second kappa shape index (κ2) is 4.24. The lowest BCUT2D eigenvalue weighted by atomic mass is 9.84. The first-order valence-corrected chi connectivity index (χ1v) is 7.33. The summed E-state index contributed by atoms with van der Waals surface area (Å²) in [6, 6.07) is 7.62. The third kappa shape index (κ3) is 2.03. The minimum absolute atomic E-state index is 0.0487. The molecular formula is C14H9NO5S. The summed E-state index contributed by atoms with van der Waals surface area (Å²) in [5.74, 6) is -0.890. The van der Waals surface area contributed by atoms with Gasteiger partial charge in [0.2, 0.25) is 0 Å². The van der Waals surface area contributed by atoms with Crippen molar-refractivity contribution in [3.05, 3.63) is 58.7 Å². The molecule has 0 spiro atoms. The highest BCUT2D eigenvalue weighted by Crippen LogP contribution is 2.30. The summed E-state index contributed by atoms with van der Waals surface area (Å²) < 4.78 is 31.3. The van der Waals surface area contributed by atoms with Crippen LogP contribution in [0.2, 0.25) is 0 Å². The summed E-state index contributed by atoms with van der Waals surface area (Å²) in [5.41, 5.74) is 6.36. The van der Waals surface area contributed by atoms with Crippen LogP contribution in [0, 0.1) is 0 Å². The van der Waals surface area contributed by atoms with Crippen molar-refractivity contribution in [3.63, 3.8) is 0 Å². The molecule has 0 bridgehead atoms. The number of fused-ring (bicyclic) bond motifs is 2. The molecule has 3 N–H and O–H groups in total. The van der Waals surface area contributed by atoms with Gasteiger partial charge in [-0.25, -0.2) is 0 Å². The van der Waals surface area contributed by atoms with Gasteiger partial charge >= 0.3 is 0 Å². The molecule has 0 saturated heterocycles. The van der Waals surface area contributed by atoms with Crippen molar-refractivity contribution in [2.75, 3.05) is 5.73 Å². The first kappa shape index (κ1) is 13.5. The zero-order valence-corrected chi connectivity index (χ0v) is 11.3. The zero-order chi connectivity index (χ0) is 15.4. The highest BCUT2D eigenvalue weighted by atomic mass is 32.2. The summed E-state index contributed by atoms with van der Waals surface area (Å²) in [6.45, 7) is 0. The average molecular weight is 303 g/mol. The average Bonchev–Trinajstić information content (AvgIpc) is 2.43. The molecule has 2 aromatic rings. The van der Waals surface area contributed by atoms with Gasteiger partial charge < -0.3 is 5.73 Å². The van der Waals surface area contributed by atoms with Gasteiger partial charge in [0.15, 0.2) is 11.6 Å². The van der Waals surface area contributed by atoms with Crippen LogP contribution < -0.4 is 5.73 Å². The Morgan fingerprint density at radius 1 is 0.810 bits per heavy atom. The van der Waals surface area contributed by atoms with Crippen LogP contribution in [-0.2, 0) is 10.1 Å². The predicted octanol–water partition coefficient (Wildman–Crippen LogP) is 1.29. The zero-order valence-electron chi connectivity index (χ0n) is 10.5. The van der Waals surface area contributed by atoms with Crippen LogP contribution in [0.5, 0.6) is 0 Å². The van der Waals surface area contributed by atoms with Crippen LogP contribution in [0.1, 0.15) is 31.8 Å². The fraction of sp³-hybridized carbons (Fsp3) is 0. The van der Waals surface area contributed by atoms with Crippen molar-refractivity contribution >= 4 is 27.4 Å². The molecule has 0 radical (unpaired) electrons. The molecule has 1 aliphatic carbocycles. The van der Waals surface area contributed by atoms with Gasteiger partial charge in [0.05, 0.1) is 4.90 Å². The van der Waals surface area contributed by atoms with Crippen molar-refractivity contribution in [2.24, 2.45) is 0 Å². The van der Waals surface area contributed by atoms with Crippen molar-refractivity contribution in [3.8, 4) is 0 Å². The predicted molar refractivity (Wildman–Crippen MR) is 74.0 cm³/mol. The Labute approximate surface area is 120 Å². The largest absolute Gasteiger partial charge is 0.399 e. The van der Waals surface area contributed by atoms with Crippen molar-refractivity contribution < 1.29 is 22.6 Å². The van der Waals surface area contributed by atoms with E-state index in [1.54, 1.807) is 0 Å². The molecule has 6 nitrogen and oxygen atoms in total. The molecule has 0 aromatic heterocycles. The molecule has 2 aromatic carbocycles. The van der Waals surface area contributed by atoms with E-state index >= 15 is 0 Å². The fourth-order valence-electron chi connectivity index (χ4n) is 2.31. The number of benzene rings is 2. The van der Waals surface area contributed by atoms with E-state index in [4.69, 9.17) is 10.3 Å². The minimum Gasteiger partial charge on any atom is -0.399 e. The number of anilines is 1. The molecule has 21 heavy (non-hydrogen) atoms. The molecular weight excluding hydrogens is 294 g/mol. The summed E-state index contributed by atoms with van der Waals surface area (Å²) in [4.78, 5) is 24.3. The van der Waals surface area contributed by atoms with Gasteiger partial charge in [-0.3, -0.25) is 14.1 Å². The van der Waals surface area contributed by atoms with Crippen LogP contribution in [0.15, 0.2) is 41.3 Å². The molecule has 0 unspecified atom stereocenters. The van der Waals surface area contributed by atoms with Crippen LogP contribution in [0.25, 0.3) is 0 Å². The second-order valence-corrected chi connectivity index (χ2v) is 6.07. The summed E-state index contributed by atoms with van der Waals surface area (Å²) >= 11 is 0. The highest BCUT2D eigenvalue weighted by molar-refractivity contribution is 7.85. The molecule has 0 saturated carbocycles. The molecule has 106 valence electrons. The number of hydrogen-bond acceptors (Lipinski definition) is 5. The quantitative estimate of drug-likeness (QED) is 0.517. The van der Waals surface area contributed by atoms with Gasteiger partial charge in [-0.2, -0.15) is 8.42 Å². The monoisotopic (exact) mass is 303 g/mol. The number of carbonyl (C=O) groups excluding carboxylic acids is 2. The van der Waals surface area contributed by atoms with Crippen molar-refractivity contribution in [2.45, 2.75) is 4.90 Å². The Morgan fingerprint density at radius 3 is 1.90 bits per heavy atom. The van der Waals surface area contributed by atoms with Gasteiger partial charge in [0.1, 0.15) is 0 Å². The van der Waals surface area contributed by atoms with Gasteiger partial charge in [0.25, 0.3) is 10.1 Å². The summed E-state index contributed by atoms with van der Waals surface area (Å²) in [6.07, 6.45) is 0. The van der Waals surface area contributed by atoms with E-state index < -0.39 is 26.6 Å². The van der Waals surface area contributed by atoms with Gasteiger partial charge in [0, 0.05) is 27.9 Å². The van der Waals surface area contributed by atoms with Crippen molar-refractivity contribution in [1.29, 1.82) is 0 Å². The Bertz CT molecular complexity index is 915. The van der Waals surface area contributed by atoms with E-state index in [-0.39, 0.29) is 22.3 Å². The minimum atomic E-state index is -4.44. The number of rotatable bonds is 1. The molecule has 1 aliphatic rings. The fourth-order valence-corrected chi connectivity index (χ4v) is 2.81. The van der Waals surface area contributed by atoms with Crippen LogP contribution in [0.3, 0.4) is 0 Å². The highest BCUT2D eigenvalue weighted by Gasteiger charge is 2.30. The topological polar surface area (TPSA) is 115 Å². The number of hydrogen-bond donors (Lipinski definition) is 2. The molecule has 0 heterocycles. The Morgan fingerprint density at radius 2 is 1.33 bits per heavy atom. The van der Waals surface area contributed by atoms with Gasteiger partial charge in [-0.05, 0) is 36.4 Å². The number of nitrogen functional groups attached to an aromatic ring is 1. The van der Waals surface area contributed by atoms with Gasteiger partial charge in [-0.1, -0.05) is 0 Å². The first-order chi connectivity index (χ1) is 9.79. The maximum absolute atomic E-state index is 12.4. The maximum atomic E-state index is 12.4. The third-order valence-electron chi connectivity index (χ3n) is 3.31. The standard InChI is InChI=1S/C14H9NO5S/c15-7-1-3-9-11(5-7)13(16)10-4-2-8(21(18,19)20)6-12(10)14(9)17/h1-6H,15H2,(H,18,19,20). The van der Waals surface area contributed by atoms with E-state index in [9.17, 15) is 18.0 Å². The van der Waals surface area contributed by atoms with E-state index in [2.05, 4.69) is 0 Å². The summed E-state index contributed by atoms with van der Waals surface area (Å²) in [5, 5.41) is 0. The number of carbonyl (C=O) groups is 2. The van der Waals surface area contributed by atoms with Crippen LogP contribution in [0.4, 0.5) is 5.69 Å². The summed E-state index contributed by atoms with van der Waals surface area (Å²) in [7, 11) is -4.44. The maximum Gasteiger partial charge on any atom is 0.294 e. The Balaban J connectivity index is 2.28. The van der Waals surface area contributed by atoms with E-state index in [0.717, 1.165) is 12.1 Å². The second-order valence-electron chi connectivity index (χ2n) is 4.65. The number of nitrogens with two attached hydrogens (primary N) is 1.